The number of piperidine rings is 1. The van der Waals surface area contributed by atoms with Crippen molar-refractivity contribution in [3.63, 3.8) is 0 Å². The Balaban J connectivity index is 2.03. The van der Waals surface area contributed by atoms with Crippen molar-refractivity contribution in [2.75, 3.05) is 33.4 Å². The Kier molecular flexibility index (Phi) is 5.62. The predicted molar refractivity (Wildman–Crippen MR) is 84.9 cm³/mol. The van der Waals surface area contributed by atoms with Crippen LogP contribution in [0.3, 0.4) is 0 Å². The summed E-state index contributed by atoms with van der Waals surface area (Å²) in [6.45, 7) is 5.11. The van der Waals surface area contributed by atoms with Gasteiger partial charge >= 0.3 is 0 Å². The first kappa shape index (κ1) is 16.3. The standard InChI is InChI=1S/C16H23ClN2O2/c1-12-13(4-3-5-14(12)17)15(20)19-10-16(11-21-2)6-8-18-9-7-16/h3-5,18H,6-11H2,1-2H3,(H,19,20). The number of carbonyl (C=O) groups is 1. The Morgan fingerprint density at radius 3 is 2.81 bits per heavy atom. The molecule has 1 fully saturated rings. The quantitative estimate of drug-likeness (QED) is 0.878. The largest absolute Gasteiger partial charge is 0.384 e. The van der Waals surface area contributed by atoms with Crippen LogP contribution in [0.5, 0.6) is 0 Å². The number of carbonyl (C=O) groups excluding carboxylic acids is 1. The van der Waals surface area contributed by atoms with Gasteiger partial charge in [-0.05, 0) is 50.6 Å². The summed E-state index contributed by atoms with van der Waals surface area (Å²) in [4.78, 5) is 12.4. The first-order chi connectivity index (χ1) is 10.1. The highest BCUT2D eigenvalue weighted by atomic mass is 35.5. The van der Waals surface area contributed by atoms with Gasteiger partial charge < -0.3 is 15.4 Å². The monoisotopic (exact) mass is 310 g/mol. The van der Waals surface area contributed by atoms with Gasteiger partial charge in [-0.25, -0.2) is 0 Å². The van der Waals surface area contributed by atoms with Crippen LogP contribution in [0.1, 0.15) is 28.8 Å². The van der Waals surface area contributed by atoms with E-state index in [-0.39, 0.29) is 11.3 Å². The molecule has 2 rings (SSSR count). The number of halogens is 1. The summed E-state index contributed by atoms with van der Waals surface area (Å²) in [6, 6.07) is 5.41. The molecule has 1 aliphatic heterocycles. The van der Waals surface area contributed by atoms with Gasteiger partial charge in [-0.15, -0.1) is 0 Å². The van der Waals surface area contributed by atoms with Crippen molar-refractivity contribution in [3.8, 4) is 0 Å². The van der Waals surface area contributed by atoms with Crippen LogP contribution in [0.2, 0.25) is 5.02 Å². The summed E-state index contributed by atoms with van der Waals surface area (Å²) in [7, 11) is 1.72. The third-order valence-electron chi connectivity index (χ3n) is 4.25. The van der Waals surface area contributed by atoms with Gasteiger partial charge in [-0.2, -0.15) is 0 Å². The molecule has 0 aromatic heterocycles. The SMILES string of the molecule is COCC1(CNC(=O)c2cccc(Cl)c2C)CCNCC1. The van der Waals surface area contributed by atoms with Gasteiger partial charge in [0.25, 0.3) is 5.91 Å². The molecular formula is C16H23ClN2O2. The van der Waals surface area contributed by atoms with E-state index < -0.39 is 0 Å². The van der Waals surface area contributed by atoms with Crippen LogP contribution >= 0.6 is 11.6 Å². The van der Waals surface area contributed by atoms with Crippen molar-refractivity contribution in [2.45, 2.75) is 19.8 Å². The van der Waals surface area contributed by atoms with Crippen molar-refractivity contribution in [3.05, 3.63) is 34.3 Å². The maximum atomic E-state index is 12.4. The van der Waals surface area contributed by atoms with Crippen LogP contribution in [0.4, 0.5) is 0 Å². The summed E-state index contributed by atoms with van der Waals surface area (Å²) < 4.78 is 5.37. The highest BCUT2D eigenvalue weighted by Crippen LogP contribution is 2.28. The summed E-state index contributed by atoms with van der Waals surface area (Å²) in [6.07, 6.45) is 2.02. The molecule has 21 heavy (non-hydrogen) atoms. The number of nitrogens with one attached hydrogen (secondary N) is 2. The fourth-order valence-corrected chi connectivity index (χ4v) is 3.03. The lowest BCUT2D eigenvalue weighted by Crippen LogP contribution is -2.47. The molecule has 1 aliphatic rings. The third kappa shape index (κ3) is 3.96. The predicted octanol–water partition coefficient (Wildman–Crippen LogP) is 2.39. The van der Waals surface area contributed by atoms with Crippen molar-refractivity contribution in [2.24, 2.45) is 5.41 Å². The van der Waals surface area contributed by atoms with Gasteiger partial charge in [0.15, 0.2) is 0 Å². The molecule has 0 spiro atoms. The number of amides is 1. The number of hydrogen-bond acceptors (Lipinski definition) is 3. The van der Waals surface area contributed by atoms with E-state index >= 15 is 0 Å². The van der Waals surface area contributed by atoms with E-state index in [9.17, 15) is 4.79 Å². The molecule has 1 saturated heterocycles. The van der Waals surface area contributed by atoms with E-state index in [4.69, 9.17) is 16.3 Å². The first-order valence-electron chi connectivity index (χ1n) is 7.31. The molecule has 2 N–H and O–H groups in total. The van der Waals surface area contributed by atoms with Gasteiger partial charge in [0.2, 0.25) is 0 Å². The number of benzene rings is 1. The lowest BCUT2D eigenvalue weighted by Gasteiger charge is -2.37. The number of ether oxygens (including phenoxy) is 1. The summed E-state index contributed by atoms with van der Waals surface area (Å²) >= 11 is 6.08. The Morgan fingerprint density at radius 1 is 1.43 bits per heavy atom. The number of hydrogen-bond donors (Lipinski definition) is 2. The lowest BCUT2D eigenvalue weighted by molar-refractivity contribution is 0.0511. The molecule has 0 bridgehead atoms. The zero-order valence-corrected chi connectivity index (χ0v) is 13.4. The lowest BCUT2D eigenvalue weighted by atomic mass is 9.79. The van der Waals surface area contributed by atoms with Crippen LogP contribution in [0.15, 0.2) is 18.2 Å². The Hall–Kier alpha value is -1.10. The fraction of sp³-hybridized carbons (Fsp3) is 0.562. The normalized spacial score (nSPS) is 17.5. The second-order valence-corrected chi connectivity index (χ2v) is 6.19. The number of methoxy groups -OCH3 is 1. The number of rotatable bonds is 5. The second kappa shape index (κ2) is 7.25. The summed E-state index contributed by atoms with van der Waals surface area (Å²) in [5, 5.41) is 7.03. The maximum Gasteiger partial charge on any atom is 0.251 e. The molecule has 0 atom stereocenters. The van der Waals surface area contributed by atoms with E-state index in [0.29, 0.717) is 23.7 Å². The van der Waals surface area contributed by atoms with E-state index in [2.05, 4.69) is 10.6 Å². The van der Waals surface area contributed by atoms with Gasteiger partial charge in [0.1, 0.15) is 0 Å². The zero-order valence-electron chi connectivity index (χ0n) is 12.7. The topological polar surface area (TPSA) is 50.4 Å². The molecule has 1 aromatic rings. The Morgan fingerprint density at radius 2 is 2.14 bits per heavy atom. The van der Waals surface area contributed by atoms with Crippen LogP contribution < -0.4 is 10.6 Å². The minimum Gasteiger partial charge on any atom is -0.384 e. The highest BCUT2D eigenvalue weighted by molar-refractivity contribution is 6.31. The third-order valence-corrected chi connectivity index (χ3v) is 4.66. The molecule has 0 unspecified atom stereocenters. The highest BCUT2D eigenvalue weighted by Gasteiger charge is 2.32. The molecule has 116 valence electrons. The maximum absolute atomic E-state index is 12.4. The van der Waals surface area contributed by atoms with Crippen molar-refractivity contribution >= 4 is 17.5 Å². The Labute approximate surface area is 131 Å². The first-order valence-corrected chi connectivity index (χ1v) is 7.69. The smallest absolute Gasteiger partial charge is 0.251 e. The van der Waals surface area contributed by atoms with E-state index in [0.717, 1.165) is 31.5 Å². The fourth-order valence-electron chi connectivity index (χ4n) is 2.85. The molecule has 1 aromatic carbocycles. The zero-order chi connectivity index (χ0) is 15.3. The Bertz CT molecular complexity index is 494. The van der Waals surface area contributed by atoms with Crippen LogP contribution in [-0.4, -0.2) is 39.3 Å². The van der Waals surface area contributed by atoms with Crippen LogP contribution in [-0.2, 0) is 4.74 Å². The van der Waals surface area contributed by atoms with Crippen LogP contribution in [0.25, 0.3) is 0 Å². The average Bonchev–Trinajstić information content (AvgIpc) is 2.49. The van der Waals surface area contributed by atoms with Gasteiger partial charge in [0, 0.05) is 29.7 Å². The van der Waals surface area contributed by atoms with Gasteiger partial charge in [-0.1, -0.05) is 17.7 Å². The minimum absolute atomic E-state index is 0.0299. The van der Waals surface area contributed by atoms with E-state index in [1.54, 1.807) is 19.2 Å². The molecule has 0 aliphatic carbocycles. The van der Waals surface area contributed by atoms with Crippen molar-refractivity contribution < 1.29 is 9.53 Å². The second-order valence-electron chi connectivity index (χ2n) is 5.78. The molecule has 5 heteroatoms. The van der Waals surface area contributed by atoms with Crippen molar-refractivity contribution in [1.29, 1.82) is 0 Å². The van der Waals surface area contributed by atoms with Gasteiger partial charge in [-0.3, -0.25) is 4.79 Å². The van der Waals surface area contributed by atoms with Crippen LogP contribution in [0, 0.1) is 12.3 Å². The van der Waals surface area contributed by atoms with E-state index in [1.807, 2.05) is 13.0 Å². The average molecular weight is 311 g/mol. The summed E-state index contributed by atoms with van der Waals surface area (Å²) in [5.41, 5.74) is 1.49. The summed E-state index contributed by atoms with van der Waals surface area (Å²) in [5.74, 6) is -0.0657. The van der Waals surface area contributed by atoms with Gasteiger partial charge in [0.05, 0.1) is 6.61 Å². The molecule has 4 nitrogen and oxygen atoms in total. The molecule has 0 saturated carbocycles. The minimum atomic E-state index is -0.0657. The molecule has 1 heterocycles. The van der Waals surface area contributed by atoms with Crippen molar-refractivity contribution in [1.82, 2.24) is 10.6 Å². The molecular weight excluding hydrogens is 288 g/mol. The molecule has 0 radical (unpaired) electrons. The molecule has 1 amide bonds. The van der Waals surface area contributed by atoms with E-state index in [1.165, 1.54) is 0 Å².